The summed E-state index contributed by atoms with van der Waals surface area (Å²) >= 11 is 0. The van der Waals surface area contributed by atoms with E-state index in [4.69, 9.17) is 5.11 Å². The van der Waals surface area contributed by atoms with Crippen molar-refractivity contribution in [2.45, 2.75) is 19.3 Å². The highest BCUT2D eigenvalue weighted by Crippen LogP contribution is 2.27. The van der Waals surface area contributed by atoms with Gasteiger partial charge in [0, 0.05) is 18.8 Å². The Morgan fingerprint density at radius 3 is 2.73 bits per heavy atom. The molecule has 2 aliphatic rings. The van der Waals surface area contributed by atoms with E-state index >= 15 is 0 Å². The number of rotatable bonds is 3. The molecule has 2 heterocycles. The summed E-state index contributed by atoms with van der Waals surface area (Å²) in [6.45, 7) is 2.25. The minimum atomic E-state index is -0.756. The van der Waals surface area contributed by atoms with Gasteiger partial charge in [-0.15, -0.1) is 12.4 Å². The molecule has 6 heteroatoms. The van der Waals surface area contributed by atoms with Gasteiger partial charge in [-0.05, 0) is 37.4 Å². The molecule has 1 fully saturated rings. The van der Waals surface area contributed by atoms with Crippen molar-refractivity contribution >= 4 is 30.0 Å². The summed E-state index contributed by atoms with van der Waals surface area (Å²) in [6, 6.07) is 8.03. The Bertz CT molecular complexity index is 564. The molecule has 3 rings (SSSR count). The fourth-order valence-electron chi connectivity index (χ4n) is 3.25. The fourth-order valence-corrected chi connectivity index (χ4v) is 3.25. The van der Waals surface area contributed by atoms with Gasteiger partial charge < -0.3 is 10.0 Å². The number of aryl methyl sites for hydroxylation is 1. The van der Waals surface area contributed by atoms with Crippen LogP contribution in [-0.4, -0.2) is 48.1 Å². The summed E-state index contributed by atoms with van der Waals surface area (Å²) < 4.78 is 0. The minimum Gasteiger partial charge on any atom is -0.481 e. The number of fused-ring (bicyclic) bond motifs is 1. The number of amides is 1. The first-order valence-corrected chi connectivity index (χ1v) is 7.48. The number of hydrogen-bond donors (Lipinski definition) is 1. The molecule has 1 aromatic carbocycles. The Balaban J connectivity index is 0.00000176. The number of carbonyl (C=O) groups is 2. The zero-order valence-corrected chi connectivity index (χ0v) is 13.2. The fraction of sp³-hybridized carbons (Fsp3) is 0.500. The molecule has 1 aromatic rings. The lowest BCUT2D eigenvalue weighted by atomic mass is 10.0. The number of carboxylic acids is 1. The van der Waals surface area contributed by atoms with E-state index in [1.54, 1.807) is 0 Å². The van der Waals surface area contributed by atoms with Gasteiger partial charge in [0.1, 0.15) is 0 Å². The van der Waals surface area contributed by atoms with Crippen LogP contribution in [0, 0.1) is 5.92 Å². The predicted molar refractivity (Wildman–Crippen MR) is 86.5 cm³/mol. The lowest BCUT2D eigenvalue weighted by molar-refractivity contribution is -0.141. The second kappa shape index (κ2) is 7.11. The molecule has 2 aliphatic heterocycles. The third-order valence-corrected chi connectivity index (χ3v) is 4.39. The van der Waals surface area contributed by atoms with Crippen molar-refractivity contribution in [2.24, 2.45) is 5.92 Å². The van der Waals surface area contributed by atoms with Gasteiger partial charge in [0.25, 0.3) is 0 Å². The standard InChI is InChI=1S/C16H20N2O3.ClH/c19-15(11-17-9-7-13(10-17)16(20)21)18-8-3-5-12-4-1-2-6-14(12)18;/h1-2,4,6,13H,3,5,7-11H2,(H,20,21);1H. The summed E-state index contributed by atoms with van der Waals surface area (Å²) in [6.07, 6.45) is 2.64. The third-order valence-electron chi connectivity index (χ3n) is 4.39. The van der Waals surface area contributed by atoms with Crippen LogP contribution in [-0.2, 0) is 16.0 Å². The quantitative estimate of drug-likeness (QED) is 0.921. The highest BCUT2D eigenvalue weighted by atomic mass is 35.5. The molecule has 22 heavy (non-hydrogen) atoms. The van der Waals surface area contributed by atoms with Crippen molar-refractivity contribution in [3.63, 3.8) is 0 Å². The molecular formula is C16H21ClN2O3. The van der Waals surface area contributed by atoms with Crippen LogP contribution in [0.15, 0.2) is 24.3 Å². The number of nitrogens with zero attached hydrogens (tertiary/aromatic N) is 2. The van der Waals surface area contributed by atoms with Crippen LogP contribution in [0.25, 0.3) is 0 Å². The van der Waals surface area contributed by atoms with Gasteiger partial charge in [0.15, 0.2) is 0 Å². The van der Waals surface area contributed by atoms with E-state index < -0.39 is 5.97 Å². The SMILES string of the molecule is Cl.O=C(O)C1CCN(CC(=O)N2CCCc3ccccc32)C1. The largest absolute Gasteiger partial charge is 0.481 e. The average molecular weight is 325 g/mol. The maximum absolute atomic E-state index is 12.5. The molecule has 0 aliphatic carbocycles. The first-order chi connectivity index (χ1) is 10.1. The Labute approximate surface area is 136 Å². The molecule has 1 saturated heterocycles. The van der Waals surface area contributed by atoms with Crippen molar-refractivity contribution in [3.8, 4) is 0 Å². The summed E-state index contributed by atoms with van der Waals surface area (Å²) in [4.78, 5) is 27.3. The van der Waals surface area contributed by atoms with Crippen LogP contribution in [0.2, 0.25) is 0 Å². The molecule has 0 bridgehead atoms. The van der Waals surface area contributed by atoms with Gasteiger partial charge in [-0.25, -0.2) is 0 Å². The minimum absolute atomic E-state index is 0. The summed E-state index contributed by atoms with van der Waals surface area (Å²) in [5, 5.41) is 9.02. The molecule has 1 unspecified atom stereocenters. The highest BCUT2D eigenvalue weighted by Gasteiger charge is 2.31. The van der Waals surface area contributed by atoms with Crippen molar-refractivity contribution < 1.29 is 14.7 Å². The van der Waals surface area contributed by atoms with E-state index in [2.05, 4.69) is 6.07 Å². The Morgan fingerprint density at radius 2 is 2.00 bits per heavy atom. The van der Waals surface area contributed by atoms with E-state index in [1.165, 1.54) is 5.56 Å². The predicted octanol–water partition coefficient (Wildman–Crippen LogP) is 1.79. The van der Waals surface area contributed by atoms with Gasteiger partial charge in [0.05, 0.1) is 12.5 Å². The number of likely N-dealkylation sites (tertiary alicyclic amines) is 1. The van der Waals surface area contributed by atoms with Gasteiger partial charge in [-0.1, -0.05) is 18.2 Å². The number of anilines is 1. The lowest BCUT2D eigenvalue weighted by Gasteiger charge is -2.30. The van der Waals surface area contributed by atoms with Crippen molar-refractivity contribution in [3.05, 3.63) is 29.8 Å². The number of hydrogen-bond acceptors (Lipinski definition) is 3. The van der Waals surface area contributed by atoms with Crippen LogP contribution in [0.5, 0.6) is 0 Å². The molecule has 120 valence electrons. The first kappa shape index (κ1) is 16.8. The monoisotopic (exact) mass is 324 g/mol. The normalized spacial score (nSPS) is 21.1. The zero-order valence-electron chi connectivity index (χ0n) is 12.4. The molecule has 1 atom stereocenters. The van der Waals surface area contributed by atoms with Crippen LogP contribution in [0.1, 0.15) is 18.4 Å². The molecule has 5 nitrogen and oxygen atoms in total. The Hall–Kier alpha value is -1.59. The van der Waals surface area contributed by atoms with E-state index in [9.17, 15) is 9.59 Å². The summed E-state index contributed by atoms with van der Waals surface area (Å²) in [7, 11) is 0. The van der Waals surface area contributed by atoms with Crippen molar-refractivity contribution in [1.82, 2.24) is 4.90 Å². The van der Waals surface area contributed by atoms with Crippen LogP contribution in [0.3, 0.4) is 0 Å². The van der Waals surface area contributed by atoms with Crippen molar-refractivity contribution in [1.29, 1.82) is 0 Å². The van der Waals surface area contributed by atoms with Gasteiger partial charge >= 0.3 is 5.97 Å². The Kier molecular flexibility index (Phi) is 5.42. The maximum atomic E-state index is 12.5. The number of carbonyl (C=O) groups excluding carboxylic acids is 1. The van der Waals surface area contributed by atoms with Gasteiger partial charge in [0.2, 0.25) is 5.91 Å². The molecule has 0 aromatic heterocycles. The van der Waals surface area contributed by atoms with Crippen LogP contribution >= 0.6 is 12.4 Å². The molecule has 0 radical (unpaired) electrons. The molecule has 1 amide bonds. The van der Waals surface area contributed by atoms with E-state index in [0.29, 0.717) is 26.1 Å². The number of benzene rings is 1. The number of carboxylic acid groups (broad SMARTS) is 1. The number of aliphatic carboxylic acids is 1. The number of halogens is 1. The van der Waals surface area contributed by atoms with Crippen molar-refractivity contribution in [2.75, 3.05) is 31.1 Å². The average Bonchev–Trinajstić information content (AvgIpc) is 2.95. The molecular weight excluding hydrogens is 304 g/mol. The zero-order chi connectivity index (χ0) is 14.8. The molecule has 0 saturated carbocycles. The summed E-state index contributed by atoms with van der Waals surface area (Å²) in [5.74, 6) is -1.01. The Morgan fingerprint density at radius 1 is 1.23 bits per heavy atom. The smallest absolute Gasteiger partial charge is 0.307 e. The summed E-state index contributed by atoms with van der Waals surface area (Å²) in [5.41, 5.74) is 2.24. The second-order valence-corrected chi connectivity index (χ2v) is 5.84. The topological polar surface area (TPSA) is 60.9 Å². The van der Waals surface area contributed by atoms with Gasteiger partial charge in [-0.2, -0.15) is 0 Å². The van der Waals surface area contributed by atoms with E-state index in [-0.39, 0.29) is 24.2 Å². The maximum Gasteiger partial charge on any atom is 0.307 e. The third kappa shape index (κ3) is 3.42. The van der Waals surface area contributed by atoms with Gasteiger partial charge in [-0.3, -0.25) is 14.5 Å². The lowest BCUT2D eigenvalue weighted by Crippen LogP contribution is -2.42. The van der Waals surface area contributed by atoms with E-state index in [0.717, 1.165) is 25.1 Å². The van der Waals surface area contributed by atoms with Crippen LogP contribution < -0.4 is 4.90 Å². The first-order valence-electron chi connectivity index (χ1n) is 7.48. The second-order valence-electron chi connectivity index (χ2n) is 5.84. The van der Waals surface area contributed by atoms with Crippen LogP contribution in [0.4, 0.5) is 5.69 Å². The highest BCUT2D eigenvalue weighted by molar-refractivity contribution is 5.96. The molecule has 1 N–H and O–H groups in total. The molecule has 0 spiro atoms. The number of para-hydroxylation sites is 1. The van der Waals surface area contributed by atoms with E-state index in [1.807, 2.05) is 28.0 Å².